The predicted octanol–water partition coefficient (Wildman–Crippen LogP) is 8.08. The van der Waals surface area contributed by atoms with Crippen LogP contribution in [0.4, 0.5) is 5.69 Å². The Kier molecular flexibility index (Phi) is 9.73. The number of likely N-dealkylation sites (N-methyl/N-ethyl adjacent to an activating group) is 1. The number of amides is 3. The van der Waals surface area contributed by atoms with Crippen molar-refractivity contribution in [1.82, 2.24) is 14.8 Å². The number of fused-ring (bicyclic) bond motifs is 1. The zero-order valence-corrected chi connectivity index (χ0v) is 29.6. The number of hydrogen-bond donors (Lipinski definition) is 3. The highest BCUT2D eigenvalue weighted by Gasteiger charge is 2.43. The molecule has 0 bridgehead atoms. The number of anilines is 1. The Labute approximate surface area is 302 Å². The van der Waals surface area contributed by atoms with Gasteiger partial charge >= 0.3 is 5.97 Å². The predicted molar refractivity (Wildman–Crippen MR) is 200 cm³/mol. The number of aromatic carboxylic acids is 1. The first-order valence-electron chi connectivity index (χ1n) is 18.1. The third kappa shape index (κ3) is 6.85. The SMILES string of the molecule is CN(C)C(=O)Cn1c(-c2ccccc2)c(C2CCCCC2)c2ccc(C(=O)NC3(C(=O)Nc4ccc(-c5coc(C(=O)O)c5)cc4)CCCC3)cc21. The fraction of sp³-hybridized carbons (Fsp3) is 0.333. The average Bonchev–Trinajstić information content (AvgIpc) is 3.92. The van der Waals surface area contributed by atoms with Gasteiger partial charge in [0.1, 0.15) is 12.1 Å². The molecule has 0 spiro atoms. The van der Waals surface area contributed by atoms with Crippen LogP contribution < -0.4 is 10.6 Å². The van der Waals surface area contributed by atoms with E-state index in [1.807, 2.05) is 36.4 Å². The monoisotopic (exact) mass is 700 g/mol. The molecule has 7 rings (SSSR count). The number of hydrogen-bond acceptors (Lipinski definition) is 5. The summed E-state index contributed by atoms with van der Waals surface area (Å²) in [6, 6.07) is 24.5. The summed E-state index contributed by atoms with van der Waals surface area (Å²) in [5, 5.41) is 16.4. The molecule has 2 saturated carbocycles. The number of carbonyl (C=O) groups is 4. The van der Waals surface area contributed by atoms with Crippen LogP contribution in [0.5, 0.6) is 0 Å². The molecular weight excluding hydrogens is 656 g/mol. The van der Waals surface area contributed by atoms with Crippen LogP contribution in [0.3, 0.4) is 0 Å². The number of benzene rings is 3. The van der Waals surface area contributed by atoms with Crippen molar-refractivity contribution in [3.05, 3.63) is 102 Å². The van der Waals surface area contributed by atoms with Gasteiger partial charge in [-0.15, -0.1) is 0 Å². The molecule has 52 heavy (non-hydrogen) atoms. The number of rotatable bonds is 10. The van der Waals surface area contributed by atoms with Crippen LogP contribution in [-0.4, -0.2) is 57.9 Å². The van der Waals surface area contributed by atoms with E-state index in [0.29, 0.717) is 35.6 Å². The highest BCUT2D eigenvalue weighted by atomic mass is 16.4. The summed E-state index contributed by atoms with van der Waals surface area (Å²) >= 11 is 0. The van der Waals surface area contributed by atoms with Crippen molar-refractivity contribution < 1.29 is 28.7 Å². The van der Waals surface area contributed by atoms with Crippen molar-refractivity contribution in [1.29, 1.82) is 0 Å². The number of furan rings is 1. The van der Waals surface area contributed by atoms with Crippen LogP contribution in [-0.2, 0) is 16.1 Å². The van der Waals surface area contributed by atoms with E-state index in [2.05, 4.69) is 27.3 Å². The number of nitrogens with zero attached hydrogens (tertiary/aromatic N) is 2. The maximum Gasteiger partial charge on any atom is 0.371 e. The van der Waals surface area contributed by atoms with Gasteiger partial charge in [0.25, 0.3) is 5.91 Å². The fourth-order valence-electron chi connectivity index (χ4n) is 7.94. The first-order chi connectivity index (χ1) is 25.1. The molecule has 2 fully saturated rings. The molecule has 2 aromatic heterocycles. The van der Waals surface area contributed by atoms with Crippen LogP contribution in [0.15, 0.2) is 89.5 Å². The second-order valence-electron chi connectivity index (χ2n) is 14.3. The van der Waals surface area contributed by atoms with Gasteiger partial charge in [-0.1, -0.05) is 80.6 Å². The molecule has 2 aliphatic carbocycles. The fourth-order valence-corrected chi connectivity index (χ4v) is 7.94. The van der Waals surface area contributed by atoms with Crippen molar-refractivity contribution in [2.75, 3.05) is 19.4 Å². The number of carboxylic acids is 1. The van der Waals surface area contributed by atoms with Crippen LogP contribution >= 0.6 is 0 Å². The molecule has 3 amide bonds. The van der Waals surface area contributed by atoms with Crippen LogP contribution in [0.1, 0.15) is 90.2 Å². The van der Waals surface area contributed by atoms with Gasteiger partial charge in [0.15, 0.2) is 0 Å². The van der Waals surface area contributed by atoms with Gasteiger partial charge in [0.2, 0.25) is 17.6 Å². The molecule has 0 radical (unpaired) electrons. The molecule has 3 N–H and O–H groups in total. The van der Waals surface area contributed by atoms with Gasteiger partial charge in [-0.3, -0.25) is 14.4 Å². The molecule has 5 aromatic rings. The van der Waals surface area contributed by atoms with E-state index in [0.717, 1.165) is 66.2 Å². The molecular formula is C42H44N4O6. The van der Waals surface area contributed by atoms with Crippen molar-refractivity contribution in [2.45, 2.75) is 75.8 Å². The van der Waals surface area contributed by atoms with Crippen molar-refractivity contribution in [2.24, 2.45) is 0 Å². The van der Waals surface area contributed by atoms with Crippen LogP contribution in [0, 0.1) is 0 Å². The normalized spacial score (nSPS) is 15.7. The van der Waals surface area contributed by atoms with Crippen molar-refractivity contribution in [3.63, 3.8) is 0 Å². The van der Waals surface area contributed by atoms with E-state index in [1.165, 1.54) is 24.3 Å². The van der Waals surface area contributed by atoms with Gasteiger partial charge in [-0.25, -0.2) is 4.79 Å². The largest absolute Gasteiger partial charge is 0.475 e. The Morgan fingerprint density at radius 3 is 2.21 bits per heavy atom. The molecule has 268 valence electrons. The summed E-state index contributed by atoms with van der Waals surface area (Å²) in [7, 11) is 3.52. The smallest absolute Gasteiger partial charge is 0.371 e. The van der Waals surface area contributed by atoms with Gasteiger partial charge in [-0.2, -0.15) is 0 Å². The lowest BCUT2D eigenvalue weighted by molar-refractivity contribution is -0.129. The van der Waals surface area contributed by atoms with Crippen LogP contribution in [0.2, 0.25) is 0 Å². The second-order valence-corrected chi connectivity index (χ2v) is 14.3. The zero-order valence-electron chi connectivity index (χ0n) is 29.6. The van der Waals surface area contributed by atoms with Crippen LogP contribution in [0.25, 0.3) is 33.3 Å². The van der Waals surface area contributed by atoms with E-state index < -0.39 is 11.5 Å². The molecule has 2 heterocycles. The lowest BCUT2D eigenvalue weighted by Gasteiger charge is -2.29. The minimum Gasteiger partial charge on any atom is -0.475 e. The van der Waals surface area contributed by atoms with E-state index in [1.54, 1.807) is 43.3 Å². The quantitative estimate of drug-likeness (QED) is 0.135. The first kappa shape index (κ1) is 34.8. The third-order valence-corrected chi connectivity index (χ3v) is 10.7. The summed E-state index contributed by atoms with van der Waals surface area (Å²) in [4.78, 5) is 54.2. The molecule has 2 aliphatic rings. The Hall–Kier alpha value is -5.64. The lowest BCUT2D eigenvalue weighted by atomic mass is 9.81. The number of aromatic nitrogens is 1. The van der Waals surface area contributed by atoms with Gasteiger partial charge in [0, 0.05) is 36.3 Å². The zero-order chi connectivity index (χ0) is 36.4. The average molecular weight is 701 g/mol. The minimum atomic E-state index is -1.14. The molecule has 3 aromatic carbocycles. The van der Waals surface area contributed by atoms with Gasteiger partial charge in [-0.05, 0) is 78.6 Å². The third-order valence-electron chi connectivity index (χ3n) is 10.7. The highest BCUT2D eigenvalue weighted by molar-refractivity contribution is 6.06. The molecule has 0 aliphatic heterocycles. The molecule has 0 saturated heterocycles. The maximum atomic E-state index is 14.1. The second kappa shape index (κ2) is 14.5. The minimum absolute atomic E-state index is 0.0384. The summed E-state index contributed by atoms with van der Waals surface area (Å²) in [5.41, 5.74) is 5.42. The topological polar surface area (TPSA) is 134 Å². The summed E-state index contributed by atoms with van der Waals surface area (Å²) in [6.45, 7) is 0.137. The van der Waals surface area contributed by atoms with Crippen molar-refractivity contribution in [3.8, 4) is 22.4 Å². The van der Waals surface area contributed by atoms with E-state index in [4.69, 9.17) is 4.42 Å². The summed E-state index contributed by atoms with van der Waals surface area (Å²) in [6.07, 6.45) is 9.72. The Balaban J connectivity index is 1.20. The summed E-state index contributed by atoms with van der Waals surface area (Å²) < 4.78 is 7.20. The molecule has 10 heteroatoms. The number of carbonyl (C=O) groups excluding carboxylic acids is 3. The number of carboxylic acid groups (broad SMARTS) is 1. The number of nitrogens with one attached hydrogen (secondary N) is 2. The first-order valence-corrected chi connectivity index (χ1v) is 18.1. The molecule has 0 atom stereocenters. The Morgan fingerprint density at radius 2 is 1.56 bits per heavy atom. The van der Waals surface area contributed by atoms with E-state index in [-0.39, 0.29) is 30.0 Å². The molecule has 0 unspecified atom stereocenters. The van der Waals surface area contributed by atoms with Gasteiger partial charge < -0.3 is 29.6 Å². The highest BCUT2D eigenvalue weighted by Crippen LogP contribution is 2.44. The van der Waals surface area contributed by atoms with E-state index >= 15 is 0 Å². The summed E-state index contributed by atoms with van der Waals surface area (Å²) in [5.74, 6) is -1.60. The standard InChI is InChI=1S/C42H44N4O6/c1-45(2)36(47)25-46-34-23-30(17-20-33(34)37(28-11-5-3-6-12-28)38(46)29-13-7-4-8-14-29)39(48)44-42(21-9-10-22-42)41(51)43-32-18-15-27(16-19-32)31-24-35(40(49)50)52-26-31/h4,7-8,13-20,23-24,26,28H,3,5-6,9-12,21-22,25H2,1-2H3,(H,43,51)(H,44,48)(H,49,50). The van der Waals surface area contributed by atoms with Crippen molar-refractivity contribution >= 4 is 40.3 Å². The lowest BCUT2D eigenvalue weighted by Crippen LogP contribution is -2.55. The van der Waals surface area contributed by atoms with E-state index in [9.17, 15) is 24.3 Å². The van der Waals surface area contributed by atoms with Gasteiger partial charge in [0.05, 0.1) is 17.5 Å². The Morgan fingerprint density at radius 1 is 0.846 bits per heavy atom. The Bertz CT molecular complexity index is 2120. The maximum absolute atomic E-state index is 14.1. The molecule has 10 nitrogen and oxygen atoms in total.